The lowest BCUT2D eigenvalue weighted by molar-refractivity contribution is 0.421. The van der Waals surface area contributed by atoms with Gasteiger partial charge in [0.25, 0.3) is 0 Å². The van der Waals surface area contributed by atoms with Crippen LogP contribution in [0.5, 0.6) is 0 Å². The Balaban J connectivity index is 2.02. The molecule has 0 amide bonds. The standard InChI is InChI=1S/C14H18BrFN4/c1-14(2,3)17-7-13-9-20(19-18-13)8-10-4-11(15)6-12(16)5-10/h4-6,9,17H,7-8H2,1-3H3. The zero-order valence-electron chi connectivity index (χ0n) is 11.8. The van der Waals surface area contributed by atoms with Crippen molar-refractivity contribution in [3.05, 3.63) is 45.9 Å². The van der Waals surface area contributed by atoms with Crippen LogP contribution in [0.3, 0.4) is 0 Å². The monoisotopic (exact) mass is 340 g/mol. The Morgan fingerprint density at radius 3 is 2.70 bits per heavy atom. The second-order valence-electron chi connectivity index (χ2n) is 5.79. The lowest BCUT2D eigenvalue weighted by atomic mass is 10.1. The first-order valence-electron chi connectivity index (χ1n) is 6.41. The Hall–Kier alpha value is -1.27. The molecule has 0 bridgehead atoms. The molecule has 2 rings (SSSR count). The first-order valence-corrected chi connectivity index (χ1v) is 7.20. The zero-order chi connectivity index (χ0) is 14.8. The molecule has 0 spiro atoms. The minimum atomic E-state index is -0.260. The fourth-order valence-corrected chi connectivity index (χ4v) is 2.25. The van der Waals surface area contributed by atoms with Gasteiger partial charge in [0.1, 0.15) is 5.82 Å². The van der Waals surface area contributed by atoms with Crippen molar-refractivity contribution in [1.29, 1.82) is 0 Å². The van der Waals surface area contributed by atoms with E-state index in [0.717, 1.165) is 15.7 Å². The van der Waals surface area contributed by atoms with Gasteiger partial charge in [0.2, 0.25) is 0 Å². The van der Waals surface area contributed by atoms with Gasteiger partial charge in [0, 0.05) is 16.6 Å². The minimum absolute atomic E-state index is 0.0389. The van der Waals surface area contributed by atoms with Gasteiger partial charge in [-0.25, -0.2) is 9.07 Å². The number of aromatic nitrogens is 3. The maximum atomic E-state index is 13.3. The van der Waals surface area contributed by atoms with Crippen LogP contribution < -0.4 is 5.32 Å². The predicted molar refractivity (Wildman–Crippen MR) is 79.8 cm³/mol. The van der Waals surface area contributed by atoms with Crippen LogP contribution in [0.25, 0.3) is 0 Å². The molecule has 0 saturated carbocycles. The number of rotatable bonds is 4. The van der Waals surface area contributed by atoms with Crippen molar-refractivity contribution in [2.45, 2.75) is 39.4 Å². The normalized spacial score (nSPS) is 11.8. The average Bonchev–Trinajstić information content (AvgIpc) is 2.72. The van der Waals surface area contributed by atoms with Crippen LogP contribution in [-0.4, -0.2) is 20.5 Å². The number of hydrogen-bond donors (Lipinski definition) is 1. The highest BCUT2D eigenvalue weighted by Crippen LogP contribution is 2.15. The van der Waals surface area contributed by atoms with Crippen molar-refractivity contribution >= 4 is 15.9 Å². The van der Waals surface area contributed by atoms with Crippen molar-refractivity contribution < 1.29 is 4.39 Å². The molecule has 1 aromatic heterocycles. The molecule has 20 heavy (non-hydrogen) atoms. The van der Waals surface area contributed by atoms with Gasteiger partial charge in [-0.2, -0.15) is 0 Å². The van der Waals surface area contributed by atoms with E-state index in [1.54, 1.807) is 4.68 Å². The third-order valence-electron chi connectivity index (χ3n) is 2.65. The lowest BCUT2D eigenvalue weighted by Crippen LogP contribution is -2.35. The molecule has 0 fully saturated rings. The third kappa shape index (κ3) is 4.68. The minimum Gasteiger partial charge on any atom is -0.306 e. The van der Waals surface area contributed by atoms with Crippen molar-refractivity contribution in [1.82, 2.24) is 20.3 Å². The Morgan fingerprint density at radius 1 is 1.30 bits per heavy atom. The molecule has 1 N–H and O–H groups in total. The Morgan fingerprint density at radius 2 is 2.05 bits per heavy atom. The van der Waals surface area contributed by atoms with Gasteiger partial charge in [-0.1, -0.05) is 21.1 Å². The van der Waals surface area contributed by atoms with Crippen molar-refractivity contribution in [2.75, 3.05) is 0 Å². The molecule has 4 nitrogen and oxygen atoms in total. The Kier molecular flexibility index (Phi) is 4.55. The zero-order valence-corrected chi connectivity index (χ0v) is 13.4. The highest BCUT2D eigenvalue weighted by molar-refractivity contribution is 9.10. The highest BCUT2D eigenvalue weighted by atomic mass is 79.9. The van der Waals surface area contributed by atoms with E-state index in [0.29, 0.717) is 13.1 Å². The van der Waals surface area contributed by atoms with Crippen LogP contribution in [0.1, 0.15) is 32.0 Å². The summed E-state index contributed by atoms with van der Waals surface area (Å²) in [5.41, 5.74) is 1.75. The van der Waals surface area contributed by atoms with E-state index in [9.17, 15) is 4.39 Å². The van der Waals surface area contributed by atoms with Crippen LogP contribution in [0.2, 0.25) is 0 Å². The summed E-state index contributed by atoms with van der Waals surface area (Å²) in [5.74, 6) is -0.260. The van der Waals surface area contributed by atoms with E-state index in [2.05, 4.69) is 52.3 Å². The van der Waals surface area contributed by atoms with E-state index in [1.807, 2.05) is 12.3 Å². The topological polar surface area (TPSA) is 42.7 Å². The molecule has 6 heteroatoms. The summed E-state index contributed by atoms with van der Waals surface area (Å²) in [6, 6.07) is 4.81. The summed E-state index contributed by atoms with van der Waals surface area (Å²) in [6.07, 6.45) is 1.87. The summed E-state index contributed by atoms with van der Waals surface area (Å²) >= 11 is 3.28. The molecule has 0 aliphatic rings. The first-order chi connectivity index (χ1) is 9.32. The molecule has 0 saturated heterocycles. The summed E-state index contributed by atoms with van der Waals surface area (Å²) in [7, 11) is 0. The maximum Gasteiger partial charge on any atom is 0.124 e. The molecule has 108 valence electrons. The van der Waals surface area contributed by atoms with Gasteiger partial charge in [-0.15, -0.1) is 5.10 Å². The Bertz CT molecular complexity index is 569. The second kappa shape index (κ2) is 6.01. The summed E-state index contributed by atoms with van der Waals surface area (Å²) < 4.78 is 15.7. The SMILES string of the molecule is CC(C)(C)NCc1cn(Cc2cc(F)cc(Br)c2)nn1. The van der Waals surface area contributed by atoms with E-state index < -0.39 is 0 Å². The molecule has 0 aliphatic heterocycles. The quantitative estimate of drug-likeness (QED) is 0.929. The summed E-state index contributed by atoms with van der Waals surface area (Å²) in [5, 5.41) is 11.5. The van der Waals surface area contributed by atoms with E-state index >= 15 is 0 Å². The van der Waals surface area contributed by atoms with Crippen molar-refractivity contribution in [3.63, 3.8) is 0 Å². The van der Waals surface area contributed by atoms with E-state index in [4.69, 9.17) is 0 Å². The van der Waals surface area contributed by atoms with Crippen LogP contribution in [-0.2, 0) is 13.1 Å². The molecule has 1 heterocycles. The van der Waals surface area contributed by atoms with Gasteiger partial charge in [-0.05, 0) is 44.5 Å². The second-order valence-corrected chi connectivity index (χ2v) is 6.70. The third-order valence-corrected chi connectivity index (χ3v) is 3.11. The van der Waals surface area contributed by atoms with Crippen LogP contribution in [0.15, 0.2) is 28.9 Å². The van der Waals surface area contributed by atoms with Crippen LogP contribution in [0, 0.1) is 5.82 Å². The molecular weight excluding hydrogens is 323 g/mol. The highest BCUT2D eigenvalue weighted by Gasteiger charge is 2.10. The lowest BCUT2D eigenvalue weighted by Gasteiger charge is -2.19. The van der Waals surface area contributed by atoms with Gasteiger partial charge in [0.05, 0.1) is 18.4 Å². The van der Waals surface area contributed by atoms with Crippen LogP contribution >= 0.6 is 15.9 Å². The van der Waals surface area contributed by atoms with Crippen LogP contribution in [0.4, 0.5) is 4.39 Å². The molecular formula is C14H18BrFN4. The summed E-state index contributed by atoms with van der Waals surface area (Å²) in [4.78, 5) is 0. The molecule has 0 atom stereocenters. The largest absolute Gasteiger partial charge is 0.306 e. The maximum absolute atomic E-state index is 13.3. The molecule has 0 aliphatic carbocycles. The molecule has 2 aromatic rings. The van der Waals surface area contributed by atoms with E-state index in [1.165, 1.54) is 12.1 Å². The van der Waals surface area contributed by atoms with Gasteiger partial charge in [0.15, 0.2) is 0 Å². The smallest absolute Gasteiger partial charge is 0.124 e. The van der Waals surface area contributed by atoms with Crippen molar-refractivity contribution in [2.24, 2.45) is 0 Å². The number of benzene rings is 1. The number of nitrogens with one attached hydrogen (secondary N) is 1. The van der Waals surface area contributed by atoms with Crippen molar-refractivity contribution in [3.8, 4) is 0 Å². The first kappa shape index (κ1) is 15.1. The molecule has 0 unspecified atom stereocenters. The summed E-state index contributed by atoms with van der Waals surface area (Å²) in [6.45, 7) is 7.46. The van der Waals surface area contributed by atoms with Gasteiger partial charge >= 0.3 is 0 Å². The van der Waals surface area contributed by atoms with Gasteiger partial charge < -0.3 is 5.32 Å². The average molecular weight is 341 g/mol. The molecule has 0 radical (unpaired) electrons. The number of nitrogens with zero attached hydrogens (tertiary/aromatic N) is 3. The fourth-order valence-electron chi connectivity index (χ4n) is 1.74. The Labute approximate surface area is 126 Å². The van der Waals surface area contributed by atoms with E-state index in [-0.39, 0.29) is 11.4 Å². The number of halogens is 2. The fraction of sp³-hybridized carbons (Fsp3) is 0.429. The predicted octanol–water partition coefficient (Wildman–Crippen LogP) is 3.12. The van der Waals surface area contributed by atoms with Gasteiger partial charge in [-0.3, -0.25) is 0 Å². The molecule has 1 aromatic carbocycles. The number of hydrogen-bond acceptors (Lipinski definition) is 3.